The Morgan fingerprint density at radius 2 is 1.83 bits per heavy atom. The van der Waals surface area contributed by atoms with E-state index >= 15 is 0 Å². The van der Waals surface area contributed by atoms with Crippen LogP contribution in [0.2, 0.25) is 0 Å². The zero-order chi connectivity index (χ0) is 17.0. The van der Waals surface area contributed by atoms with Gasteiger partial charge in [0.1, 0.15) is 0 Å². The van der Waals surface area contributed by atoms with Crippen LogP contribution in [0.25, 0.3) is 0 Å². The van der Waals surface area contributed by atoms with Crippen molar-refractivity contribution in [2.45, 2.75) is 51.5 Å². The Hall–Kier alpha value is -1.15. The van der Waals surface area contributed by atoms with Gasteiger partial charge in [-0.3, -0.25) is 9.59 Å². The molecule has 0 aliphatic carbocycles. The number of aliphatic carboxylic acids is 1. The van der Waals surface area contributed by atoms with Crippen molar-refractivity contribution in [1.29, 1.82) is 0 Å². The predicted octanol–water partition coefficient (Wildman–Crippen LogP) is 0.904. The van der Waals surface area contributed by atoms with E-state index in [4.69, 9.17) is 5.11 Å². The Morgan fingerprint density at radius 1 is 1.17 bits per heavy atom. The summed E-state index contributed by atoms with van der Waals surface area (Å²) >= 11 is 0. The highest BCUT2D eigenvalue weighted by Crippen LogP contribution is 2.23. The highest BCUT2D eigenvalue weighted by atomic mass is 32.2. The smallest absolute Gasteiger partial charge is 0.308 e. The van der Waals surface area contributed by atoms with Crippen LogP contribution in [0.5, 0.6) is 0 Å². The Balaban J connectivity index is 1.82. The van der Waals surface area contributed by atoms with Gasteiger partial charge in [-0.15, -0.1) is 0 Å². The van der Waals surface area contributed by atoms with Crippen LogP contribution in [0.4, 0.5) is 0 Å². The van der Waals surface area contributed by atoms with Crippen molar-refractivity contribution in [3.05, 3.63) is 0 Å². The van der Waals surface area contributed by atoms with Gasteiger partial charge in [0, 0.05) is 32.1 Å². The summed E-state index contributed by atoms with van der Waals surface area (Å²) in [5, 5.41) is 9.11. The lowest BCUT2D eigenvalue weighted by Gasteiger charge is -2.36. The van der Waals surface area contributed by atoms with Crippen LogP contribution in [0, 0.1) is 5.92 Å². The maximum atomic E-state index is 12.3. The molecule has 23 heavy (non-hydrogen) atoms. The van der Waals surface area contributed by atoms with Crippen LogP contribution < -0.4 is 0 Å². The highest BCUT2D eigenvalue weighted by Gasteiger charge is 2.32. The molecule has 2 heterocycles. The lowest BCUT2D eigenvalue weighted by atomic mass is 9.93. The number of hydrogen-bond donors (Lipinski definition) is 1. The highest BCUT2D eigenvalue weighted by molar-refractivity contribution is 7.89. The van der Waals surface area contributed by atoms with Crippen LogP contribution in [0.3, 0.4) is 0 Å². The van der Waals surface area contributed by atoms with Gasteiger partial charge in [0.2, 0.25) is 15.9 Å². The first-order valence-electron chi connectivity index (χ1n) is 8.31. The summed E-state index contributed by atoms with van der Waals surface area (Å²) in [5.41, 5.74) is 0. The first kappa shape index (κ1) is 18.2. The van der Waals surface area contributed by atoms with E-state index in [-0.39, 0.29) is 30.7 Å². The fourth-order valence-electron chi connectivity index (χ4n) is 3.30. The largest absolute Gasteiger partial charge is 0.481 e. The topological polar surface area (TPSA) is 95.0 Å². The van der Waals surface area contributed by atoms with Crippen molar-refractivity contribution in [2.75, 3.05) is 25.4 Å². The fourth-order valence-corrected chi connectivity index (χ4v) is 4.88. The number of piperidine rings is 1. The van der Waals surface area contributed by atoms with Crippen molar-refractivity contribution in [3.8, 4) is 0 Å². The summed E-state index contributed by atoms with van der Waals surface area (Å²) in [5.74, 6) is -1.53. The maximum absolute atomic E-state index is 12.3. The fraction of sp³-hybridized carbons (Fsp3) is 0.867. The normalized spacial score (nSPS) is 26.4. The lowest BCUT2D eigenvalue weighted by Crippen LogP contribution is -2.47. The van der Waals surface area contributed by atoms with Crippen molar-refractivity contribution in [2.24, 2.45) is 5.92 Å². The van der Waals surface area contributed by atoms with E-state index < -0.39 is 21.9 Å². The molecule has 0 spiro atoms. The number of carboxylic acid groups (broad SMARTS) is 1. The number of hydrogen-bond acceptors (Lipinski definition) is 4. The average Bonchev–Trinajstić information content (AvgIpc) is 3.02. The summed E-state index contributed by atoms with van der Waals surface area (Å²) in [6, 6.07) is 0.0216. The Morgan fingerprint density at radius 3 is 2.43 bits per heavy atom. The van der Waals surface area contributed by atoms with Gasteiger partial charge in [-0.1, -0.05) is 0 Å². The molecular formula is C15H26N2O5S. The molecule has 7 nitrogen and oxygen atoms in total. The standard InChI is InChI=1S/C15H26N2O5S/c1-12-6-7-13(15(19)20)11-17(12)14(18)5-4-10-23(21,22)16-8-2-3-9-16/h12-13H,2-11H2,1H3,(H,19,20). The molecule has 0 radical (unpaired) electrons. The number of nitrogens with zero attached hydrogens (tertiary/aromatic N) is 2. The predicted molar refractivity (Wildman–Crippen MR) is 85.4 cm³/mol. The zero-order valence-corrected chi connectivity index (χ0v) is 14.4. The molecule has 132 valence electrons. The number of sulfonamides is 1. The summed E-state index contributed by atoms with van der Waals surface area (Å²) in [6.07, 6.45) is 3.51. The third kappa shape index (κ3) is 4.67. The molecule has 0 bridgehead atoms. The monoisotopic (exact) mass is 346 g/mol. The second-order valence-corrected chi connectivity index (χ2v) is 8.62. The van der Waals surface area contributed by atoms with Gasteiger partial charge in [-0.2, -0.15) is 0 Å². The summed E-state index contributed by atoms with van der Waals surface area (Å²) in [4.78, 5) is 25.0. The number of carbonyl (C=O) groups is 2. The molecule has 2 atom stereocenters. The summed E-state index contributed by atoms with van der Waals surface area (Å²) in [6.45, 7) is 3.31. The number of rotatable bonds is 6. The average molecular weight is 346 g/mol. The van der Waals surface area contributed by atoms with Crippen molar-refractivity contribution < 1.29 is 23.1 Å². The third-order valence-corrected chi connectivity index (χ3v) is 6.76. The van der Waals surface area contributed by atoms with Crippen molar-refractivity contribution in [3.63, 3.8) is 0 Å². The molecular weight excluding hydrogens is 320 g/mol. The SMILES string of the molecule is CC1CCC(C(=O)O)CN1C(=O)CCCS(=O)(=O)N1CCCC1. The molecule has 2 rings (SSSR count). The van der Waals surface area contributed by atoms with E-state index in [1.165, 1.54) is 4.31 Å². The van der Waals surface area contributed by atoms with Crippen LogP contribution in [0.1, 0.15) is 45.4 Å². The van der Waals surface area contributed by atoms with Crippen LogP contribution >= 0.6 is 0 Å². The minimum Gasteiger partial charge on any atom is -0.481 e. The first-order valence-corrected chi connectivity index (χ1v) is 9.92. The van der Waals surface area contributed by atoms with E-state index in [0.717, 1.165) is 12.8 Å². The Bertz CT molecular complexity index is 542. The molecule has 1 amide bonds. The minimum absolute atomic E-state index is 0.0106. The molecule has 2 unspecified atom stereocenters. The second kappa shape index (κ2) is 7.61. The maximum Gasteiger partial charge on any atom is 0.308 e. The van der Waals surface area contributed by atoms with Crippen LogP contribution in [0.15, 0.2) is 0 Å². The second-order valence-electron chi connectivity index (χ2n) is 6.53. The van der Waals surface area contributed by atoms with E-state index in [9.17, 15) is 18.0 Å². The zero-order valence-electron chi connectivity index (χ0n) is 13.6. The third-order valence-electron chi connectivity index (χ3n) is 4.80. The van der Waals surface area contributed by atoms with Gasteiger partial charge >= 0.3 is 5.97 Å². The molecule has 0 saturated carbocycles. The molecule has 0 aromatic rings. The lowest BCUT2D eigenvalue weighted by molar-refractivity contribution is -0.147. The quantitative estimate of drug-likeness (QED) is 0.771. The number of carboxylic acids is 1. The molecule has 0 aromatic carbocycles. The Labute approximate surface area is 137 Å². The van der Waals surface area contributed by atoms with Gasteiger partial charge in [0.25, 0.3) is 0 Å². The van der Waals surface area contributed by atoms with Crippen LogP contribution in [-0.4, -0.2) is 66.0 Å². The molecule has 1 N–H and O–H groups in total. The summed E-state index contributed by atoms with van der Waals surface area (Å²) < 4.78 is 25.7. The van der Waals surface area contributed by atoms with Crippen molar-refractivity contribution >= 4 is 21.9 Å². The van der Waals surface area contributed by atoms with Gasteiger partial charge < -0.3 is 10.0 Å². The van der Waals surface area contributed by atoms with E-state index in [0.29, 0.717) is 32.4 Å². The molecule has 2 saturated heterocycles. The summed E-state index contributed by atoms with van der Waals surface area (Å²) in [7, 11) is -3.26. The van der Waals surface area contributed by atoms with E-state index in [1.54, 1.807) is 4.90 Å². The molecule has 2 fully saturated rings. The first-order chi connectivity index (χ1) is 10.8. The molecule has 2 aliphatic heterocycles. The van der Waals surface area contributed by atoms with E-state index in [2.05, 4.69) is 0 Å². The van der Waals surface area contributed by atoms with Gasteiger partial charge in [0.15, 0.2) is 0 Å². The number of amides is 1. The molecule has 8 heteroatoms. The van der Waals surface area contributed by atoms with Crippen molar-refractivity contribution in [1.82, 2.24) is 9.21 Å². The van der Waals surface area contributed by atoms with Gasteiger partial charge in [-0.25, -0.2) is 12.7 Å². The van der Waals surface area contributed by atoms with Gasteiger partial charge in [-0.05, 0) is 39.0 Å². The van der Waals surface area contributed by atoms with Crippen LogP contribution in [-0.2, 0) is 19.6 Å². The van der Waals surface area contributed by atoms with Gasteiger partial charge in [0.05, 0.1) is 11.7 Å². The Kier molecular flexibility index (Phi) is 6.02. The van der Waals surface area contributed by atoms with E-state index in [1.807, 2.05) is 6.92 Å². The minimum atomic E-state index is -3.26. The molecule has 0 aromatic heterocycles. The molecule has 2 aliphatic rings. The number of likely N-dealkylation sites (tertiary alicyclic amines) is 1. The number of carbonyl (C=O) groups excluding carboxylic acids is 1.